The van der Waals surface area contributed by atoms with Crippen molar-refractivity contribution in [2.45, 2.75) is 78.1 Å². The number of unbranched alkanes of at least 4 members (excludes halogenated alkanes) is 7. The molecular weight excluding hydrogens is 232 g/mol. The lowest BCUT2D eigenvalue weighted by molar-refractivity contribution is -0.908. The molecule has 0 spiro atoms. The first-order valence-corrected chi connectivity index (χ1v) is 8.39. The largest absolute Gasteiger partial charge is 0.512 e. The minimum atomic E-state index is 0.979. The van der Waals surface area contributed by atoms with Gasteiger partial charge in [-0.15, -0.1) is 0 Å². The molecule has 0 aliphatic carbocycles. The zero-order chi connectivity index (χ0) is 14.3. The van der Waals surface area contributed by atoms with E-state index in [0.29, 0.717) is 0 Å². The molecule has 0 bridgehead atoms. The van der Waals surface area contributed by atoms with Crippen LogP contribution < -0.4 is 4.90 Å². The van der Waals surface area contributed by atoms with Gasteiger partial charge in [-0.2, -0.15) is 0 Å². The maximum absolute atomic E-state index is 6.25. The standard InChI is InChI=1S/C16H33N.CN/c1-3-4-5-6-7-8-9-10-13-17-14-11-12-16(2)15-17;1-2/h16H,3-15H2,1-2H3;/q;-1/p+1. The molecule has 1 rings (SSSR count). The van der Waals surface area contributed by atoms with Gasteiger partial charge < -0.3 is 16.7 Å². The van der Waals surface area contributed by atoms with Crippen LogP contribution in [0.4, 0.5) is 0 Å². The fourth-order valence-corrected chi connectivity index (χ4v) is 3.13. The summed E-state index contributed by atoms with van der Waals surface area (Å²) in [6.45, 7) is 13.8. The summed E-state index contributed by atoms with van der Waals surface area (Å²) in [5.74, 6) is 0.979. The minimum absolute atomic E-state index is 0.979. The van der Waals surface area contributed by atoms with Gasteiger partial charge in [-0.1, -0.05) is 52.4 Å². The maximum atomic E-state index is 6.25. The van der Waals surface area contributed by atoms with Crippen molar-refractivity contribution in [2.24, 2.45) is 5.92 Å². The van der Waals surface area contributed by atoms with E-state index in [1.165, 1.54) is 83.8 Å². The average Bonchev–Trinajstić information content (AvgIpc) is 2.44. The Bertz CT molecular complexity index is 201. The Morgan fingerprint density at radius 1 is 1.00 bits per heavy atom. The number of piperidine rings is 1. The quantitative estimate of drug-likeness (QED) is 0.502. The molecule has 0 radical (unpaired) electrons. The average molecular weight is 266 g/mol. The predicted octanol–water partition coefficient (Wildman–Crippen LogP) is 3.54. The molecule has 2 heteroatoms. The summed E-state index contributed by atoms with van der Waals surface area (Å²) >= 11 is 0. The second-order valence-corrected chi connectivity index (χ2v) is 6.18. The van der Waals surface area contributed by atoms with Crippen LogP contribution in [0.25, 0.3) is 0 Å². The third-order valence-corrected chi connectivity index (χ3v) is 4.25. The lowest BCUT2D eigenvalue weighted by Gasteiger charge is -2.27. The fraction of sp³-hybridized carbons (Fsp3) is 0.941. The first kappa shape index (κ1) is 18.4. The van der Waals surface area contributed by atoms with E-state index in [2.05, 4.69) is 13.8 Å². The molecule has 1 heterocycles. The van der Waals surface area contributed by atoms with Gasteiger partial charge in [-0.25, -0.2) is 0 Å². The highest BCUT2D eigenvalue weighted by Gasteiger charge is 2.18. The molecule has 0 aromatic carbocycles. The van der Waals surface area contributed by atoms with Crippen LogP contribution in [0.2, 0.25) is 0 Å². The number of nitrogens with zero attached hydrogens (tertiary/aromatic N) is 1. The van der Waals surface area contributed by atoms with E-state index >= 15 is 0 Å². The number of hydrogen-bond donors (Lipinski definition) is 1. The van der Waals surface area contributed by atoms with Crippen LogP contribution in [0.15, 0.2) is 0 Å². The Morgan fingerprint density at radius 2 is 1.58 bits per heavy atom. The van der Waals surface area contributed by atoms with Gasteiger partial charge in [-0.05, 0) is 25.7 Å². The minimum Gasteiger partial charge on any atom is -0.512 e. The van der Waals surface area contributed by atoms with Gasteiger partial charge in [0.1, 0.15) is 0 Å². The smallest absolute Gasteiger partial charge is 0.0796 e. The van der Waals surface area contributed by atoms with Gasteiger partial charge in [0.2, 0.25) is 0 Å². The van der Waals surface area contributed by atoms with Gasteiger partial charge in [0.15, 0.2) is 0 Å². The Balaban J connectivity index is 0.00000154. The van der Waals surface area contributed by atoms with Gasteiger partial charge in [-0.3, -0.25) is 0 Å². The SMILES string of the molecule is CCCCCCCCCC[NH+]1CCCC(C)C1.[C-]#N. The molecule has 2 unspecified atom stereocenters. The first-order valence-electron chi connectivity index (χ1n) is 8.39. The van der Waals surface area contributed by atoms with E-state index in [9.17, 15) is 0 Å². The Morgan fingerprint density at radius 3 is 2.16 bits per heavy atom. The van der Waals surface area contributed by atoms with Crippen molar-refractivity contribution in [3.8, 4) is 0 Å². The normalized spacial score (nSPS) is 22.5. The second kappa shape index (κ2) is 13.9. The third kappa shape index (κ3) is 11.0. The highest BCUT2D eigenvalue weighted by Crippen LogP contribution is 2.08. The van der Waals surface area contributed by atoms with Crippen LogP contribution in [0, 0.1) is 17.8 Å². The number of hydrogen-bond acceptors (Lipinski definition) is 1. The summed E-state index contributed by atoms with van der Waals surface area (Å²) in [5.41, 5.74) is 0. The van der Waals surface area contributed by atoms with E-state index in [1.54, 1.807) is 0 Å². The summed E-state index contributed by atoms with van der Waals surface area (Å²) in [5, 5.41) is 6.25. The summed E-state index contributed by atoms with van der Waals surface area (Å²) < 4.78 is 0. The number of quaternary nitrogens is 1. The van der Waals surface area contributed by atoms with Gasteiger partial charge in [0.25, 0.3) is 0 Å². The molecule has 0 aromatic rings. The summed E-state index contributed by atoms with van der Waals surface area (Å²) in [7, 11) is 0. The molecule has 19 heavy (non-hydrogen) atoms. The molecule has 0 saturated carbocycles. The number of rotatable bonds is 9. The van der Waals surface area contributed by atoms with Crippen LogP contribution in [0.1, 0.15) is 78.1 Å². The van der Waals surface area contributed by atoms with Crippen molar-refractivity contribution in [2.75, 3.05) is 19.6 Å². The van der Waals surface area contributed by atoms with Gasteiger partial charge >= 0.3 is 0 Å². The Hall–Kier alpha value is -0.550. The van der Waals surface area contributed by atoms with Crippen LogP contribution >= 0.6 is 0 Å². The lowest BCUT2D eigenvalue weighted by Crippen LogP contribution is -3.13. The second-order valence-electron chi connectivity index (χ2n) is 6.18. The zero-order valence-corrected chi connectivity index (χ0v) is 13.2. The molecule has 2 atom stereocenters. The van der Waals surface area contributed by atoms with E-state index in [1.807, 2.05) is 4.90 Å². The number of likely N-dealkylation sites (tertiary alicyclic amines) is 1. The first-order chi connectivity index (χ1) is 9.33. The van der Waals surface area contributed by atoms with Crippen LogP contribution in [0.5, 0.6) is 0 Å². The Kier molecular flexibility index (Phi) is 13.5. The van der Waals surface area contributed by atoms with E-state index < -0.39 is 0 Å². The molecule has 0 amide bonds. The maximum Gasteiger partial charge on any atom is 0.0796 e. The van der Waals surface area contributed by atoms with Crippen molar-refractivity contribution < 1.29 is 4.90 Å². The fourth-order valence-electron chi connectivity index (χ4n) is 3.13. The van der Waals surface area contributed by atoms with Gasteiger partial charge in [0.05, 0.1) is 19.6 Å². The van der Waals surface area contributed by atoms with Crippen molar-refractivity contribution in [3.05, 3.63) is 6.57 Å². The van der Waals surface area contributed by atoms with Crippen LogP contribution in [0.3, 0.4) is 0 Å². The molecule has 2 nitrogen and oxygen atoms in total. The van der Waals surface area contributed by atoms with Crippen molar-refractivity contribution in [3.63, 3.8) is 0 Å². The van der Waals surface area contributed by atoms with Gasteiger partial charge in [0, 0.05) is 5.92 Å². The summed E-state index contributed by atoms with van der Waals surface area (Å²) in [6, 6.07) is 0. The van der Waals surface area contributed by atoms with Crippen molar-refractivity contribution in [1.29, 1.82) is 5.26 Å². The summed E-state index contributed by atoms with van der Waals surface area (Å²) in [4.78, 5) is 1.88. The van der Waals surface area contributed by atoms with Crippen LogP contribution in [-0.4, -0.2) is 19.6 Å². The zero-order valence-electron chi connectivity index (χ0n) is 13.2. The molecule has 1 aliphatic heterocycles. The topological polar surface area (TPSA) is 28.2 Å². The molecule has 1 fully saturated rings. The number of nitrogens with one attached hydrogen (secondary N) is 1. The van der Waals surface area contributed by atoms with Crippen molar-refractivity contribution >= 4 is 0 Å². The summed E-state index contributed by atoms with van der Waals surface area (Å²) in [6.07, 6.45) is 14.6. The molecule has 1 saturated heterocycles. The van der Waals surface area contributed by atoms with E-state index in [0.717, 1.165) is 5.92 Å². The highest BCUT2D eigenvalue weighted by molar-refractivity contribution is 4.55. The van der Waals surface area contributed by atoms with Crippen molar-refractivity contribution in [1.82, 2.24) is 0 Å². The third-order valence-electron chi connectivity index (χ3n) is 4.25. The van der Waals surface area contributed by atoms with E-state index in [-0.39, 0.29) is 0 Å². The Labute approximate surface area is 121 Å². The monoisotopic (exact) mass is 266 g/mol. The molecule has 0 aromatic heterocycles. The van der Waals surface area contributed by atoms with E-state index in [4.69, 9.17) is 11.8 Å². The molecule has 1 N–H and O–H groups in total. The molecule has 112 valence electrons. The van der Waals surface area contributed by atoms with Crippen LogP contribution in [-0.2, 0) is 0 Å². The molecular formula is C17H34N2. The lowest BCUT2D eigenvalue weighted by atomic mass is 10.00. The predicted molar refractivity (Wildman–Crippen MR) is 81.5 cm³/mol. The highest BCUT2D eigenvalue weighted by atomic mass is 15.1. The molecule has 1 aliphatic rings.